The van der Waals surface area contributed by atoms with Gasteiger partial charge in [0.25, 0.3) is 0 Å². The van der Waals surface area contributed by atoms with E-state index in [0.717, 1.165) is 4.43 Å². The van der Waals surface area contributed by atoms with Crippen molar-refractivity contribution in [3.05, 3.63) is 18.2 Å². The molecule has 1 aromatic carbocycles. The number of alkyl halides is 1. The molecule has 5 nitrogen and oxygen atoms in total. The van der Waals surface area contributed by atoms with E-state index in [4.69, 9.17) is 14.2 Å². The van der Waals surface area contributed by atoms with Crippen LogP contribution in [0.2, 0.25) is 0 Å². The Kier molecular flexibility index (Phi) is 6.63. The van der Waals surface area contributed by atoms with Gasteiger partial charge < -0.3 is 18.9 Å². The second-order valence-electron chi connectivity index (χ2n) is 3.14. The van der Waals surface area contributed by atoms with Crippen molar-refractivity contribution in [2.24, 2.45) is 0 Å². The summed E-state index contributed by atoms with van der Waals surface area (Å²) >= 11 is 2.21. The molecule has 1 rings (SSSR count). The van der Waals surface area contributed by atoms with E-state index in [0.29, 0.717) is 23.9 Å². The van der Waals surface area contributed by atoms with Gasteiger partial charge in [-0.2, -0.15) is 0 Å². The number of carbonyl (C=O) groups is 1. The lowest BCUT2D eigenvalue weighted by Crippen LogP contribution is -2.10. The molecule has 0 aliphatic rings. The van der Waals surface area contributed by atoms with E-state index in [1.165, 1.54) is 0 Å². The lowest BCUT2D eigenvalue weighted by molar-refractivity contribution is 0.104. The summed E-state index contributed by atoms with van der Waals surface area (Å²) in [5, 5.41) is 0. The maximum atomic E-state index is 11.2. The van der Waals surface area contributed by atoms with Crippen molar-refractivity contribution in [3.8, 4) is 17.2 Å². The Hall–Kier alpha value is -1.18. The summed E-state index contributed by atoms with van der Waals surface area (Å²) in [5.41, 5.74) is 0. The molecule has 0 aromatic heterocycles. The topological polar surface area (TPSA) is 54.0 Å². The van der Waals surface area contributed by atoms with Gasteiger partial charge in [0, 0.05) is 10.5 Å². The van der Waals surface area contributed by atoms with Gasteiger partial charge in [-0.25, -0.2) is 4.79 Å². The third kappa shape index (κ3) is 4.59. The van der Waals surface area contributed by atoms with Gasteiger partial charge in [0.2, 0.25) is 0 Å². The zero-order valence-corrected chi connectivity index (χ0v) is 12.4. The fourth-order valence-corrected chi connectivity index (χ4v) is 1.45. The van der Waals surface area contributed by atoms with Crippen LogP contribution in [0.25, 0.3) is 0 Å². The number of benzene rings is 1. The molecular formula is C12H15IO5. The second-order valence-corrected chi connectivity index (χ2v) is 4.21. The molecule has 0 aliphatic carbocycles. The second kappa shape index (κ2) is 8.02. The van der Waals surface area contributed by atoms with Gasteiger partial charge in [0.15, 0.2) is 11.5 Å². The smallest absolute Gasteiger partial charge is 0.493 e. The average Bonchev–Trinajstić information content (AvgIpc) is 2.36. The Morgan fingerprint density at radius 1 is 1.33 bits per heavy atom. The van der Waals surface area contributed by atoms with Gasteiger partial charge >= 0.3 is 6.16 Å². The first kappa shape index (κ1) is 14.9. The molecule has 0 heterocycles. The summed E-state index contributed by atoms with van der Waals surface area (Å²) in [4.78, 5) is 11.2. The molecule has 0 N–H and O–H groups in total. The van der Waals surface area contributed by atoms with E-state index >= 15 is 0 Å². The summed E-state index contributed by atoms with van der Waals surface area (Å²) in [5.74, 6) is 1.49. The molecular weight excluding hydrogens is 351 g/mol. The van der Waals surface area contributed by atoms with Crippen LogP contribution in [0.5, 0.6) is 17.2 Å². The summed E-state index contributed by atoms with van der Waals surface area (Å²) in [6.45, 7) is 2.54. The third-order valence-corrected chi connectivity index (χ3v) is 2.37. The van der Waals surface area contributed by atoms with E-state index in [9.17, 15) is 4.79 Å². The lowest BCUT2D eigenvalue weighted by atomic mass is 10.3. The quantitative estimate of drug-likeness (QED) is 0.335. The Morgan fingerprint density at radius 3 is 2.72 bits per heavy atom. The molecule has 0 aliphatic heterocycles. The fraction of sp³-hybridized carbons (Fsp3) is 0.417. The minimum absolute atomic E-state index is 0.271. The highest BCUT2D eigenvalue weighted by Gasteiger charge is 2.10. The highest BCUT2D eigenvalue weighted by molar-refractivity contribution is 14.1. The molecule has 0 spiro atoms. The molecule has 0 bridgehead atoms. The monoisotopic (exact) mass is 366 g/mol. The van der Waals surface area contributed by atoms with Crippen LogP contribution in [0.4, 0.5) is 4.79 Å². The van der Waals surface area contributed by atoms with Crippen molar-refractivity contribution in [3.63, 3.8) is 0 Å². The molecule has 0 saturated carbocycles. The van der Waals surface area contributed by atoms with Crippen molar-refractivity contribution in [2.75, 3.05) is 24.8 Å². The number of ether oxygens (including phenoxy) is 4. The van der Waals surface area contributed by atoms with Gasteiger partial charge in [-0.15, -0.1) is 0 Å². The fourth-order valence-electron chi connectivity index (χ4n) is 1.23. The molecule has 1 aromatic rings. The van der Waals surface area contributed by atoms with Gasteiger partial charge in [-0.05, 0) is 19.1 Å². The molecule has 0 unspecified atom stereocenters. The first-order valence-corrected chi connectivity index (χ1v) is 6.95. The van der Waals surface area contributed by atoms with Crippen LogP contribution in [0.1, 0.15) is 6.92 Å². The van der Waals surface area contributed by atoms with Crippen molar-refractivity contribution in [1.29, 1.82) is 0 Å². The van der Waals surface area contributed by atoms with Crippen LogP contribution in [0.15, 0.2) is 18.2 Å². The Balaban J connectivity index is 2.78. The number of hydrogen-bond acceptors (Lipinski definition) is 5. The number of carbonyl (C=O) groups excluding carboxylic acids is 1. The lowest BCUT2D eigenvalue weighted by Gasteiger charge is -2.11. The molecule has 18 heavy (non-hydrogen) atoms. The van der Waals surface area contributed by atoms with E-state index in [1.807, 2.05) is 0 Å². The number of halogens is 1. The van der Waals surface area contributed by atoms with Gasteiger partial charge in [-0.1, -0.05) is 22.6 Å². The zero-order valence-electron chi connectivity index (χ0n) is 10.3. The standard InChI is InChI=1S/C12H15IO5/c1-3-16-12(14)18-9-4-5-10(15-2)11(8-9)17-7-6-13/h4-5,8H,3,6-7H2,1-2H3. The normalized spacial score (nSPS) is 9.72. The van der Waals surface area contributed by atoms with Crippen LogP contribution < -0.4 is 14.2 Å². The first-order chi connectivity index (χ1) is 8.71. The van der Waals surface area contributed by atoms with Crippen molar-refractivity contribution in [1.82, 2.24) is 0 Å². The van der Waals surface area contributed by atoms with Crippen LogP contribution in [-0.4, -0.2) is 30.9 Å². The van der Waals surface area contributed by atoms with Crippen LogP contribution >= 0.6 is 22.6 Å². The Labute approximate surface area is 119 Å². The number of hydrogen-bond donors (Lipinski definition) is 0. The van der Waals surface area contributed by atoms with Gasteiger partial charge in [-0.3, -0.25) is 0 Å². The summed E-state index contributed by atoms with van der Waals surface area (Å²) in [7, 11) is 1.55. The van der Waals surface area contributed by atoms with Crippen molar-refractivity contribution >= 4 is 28.7 Å². The number of methoxy groups -OCH3 is 1. The average molecular weight is 366 g/mol. The maximum absolute atomic E-state index is 11.2. The Bertz CT molecular complexity index is 394. The molecule has 0 saturated heterocycles. The van der Waals surface area contributed by atoms with E-state index in [2.05, 4.69) is 27.3 Å². The highest BCUT2D eigenvalue weighted by atomic mass is 127. The minimum atomic E-state index is -0.734. The van der Waals surface area contributed by atoms with Gasteiger partial charge in [0.05, 0.1) is 20.3 Å². The van der Waals surface area contributed by atoms with Gasteiger partial charge in [0.1, 0.15) is 5.75 Å². The molecule has 0 fully saturated rings. The maximum Gasteiger partial charge on any atom is 0.513 e. The zero-order chi connectivity index (χ0) is 13.4. The van der Waals surface area contributed by atoms with E-state index < -0.39 is 6.16 Å². The predicted octanol–water partition coefficient (Wildman–Crippen LogP) is 3.04. The molecule has 100 valence electrons. The summed E-state index contributed by atoms with van der Waals surface area (Å²) in [6, 6.07) is 4.89. The highest BCUT2D eigenvalue weighted by Crippen LogP contribution is 2.31. The summed E-state index contributed by atoms with van der Waals surface area (Å²) in [6.07, 6.45) is -0.734. The van der Waals surface area contributed by atoms with E-state index in [-0.39, 0.29) is 6.61 Å². The third-order valence-electron chi connectivity index (χ3n) is 1.93. The molecule has 6 heteroatoms. The predicted molar refractivity (Wildman–Crippen MR) is 75.0 cm³/mol. The largest absolute Gasteiger partial charge is 0.513 e. The Morgan fingerprint density at radius 2 is 2.11 bits per heavy atom. The molecule has 0 radical (unpaired) electrons. The molecule has 0 atom stereocenters. The first-order valence-electron chi connectivity index (χ1n) is 5.42. The van der Waals surface area contributed by atoms with Crippen molar-refractivity contribution < 1.29 is 23.7 Å². The van der Waals surface area contributed by atoms with Crippen LogP contribution in [0, 0.1) is 0 Å². The van der Waals surface area contributed by atoms with Crippen molar-refractivity contribution in [2.45, 2.75) is 6.92 Å². The van der Waals surface area contributed by atoms with Crippen LogP contribution in [-0.2, 0) is 4.74 Å². The van der Waals surface area contributed by atoms with Crippen LogP contribution in [0.3, 0.4) is 0 Å². The SMILES string of the molecule is CCOC(=O)Oc1ccc(OC)c(OCCI)c1. The summed E-state index contributed by atoms with van der Waals surface area (Å²) < 4.78 is 21.2. The van der Waals surface area contributed by atoms with E-state index in [1.54, 1.807) is 32.2 Å². The number of rotatable bonds is 6. The minimum Gasteiger partial charge on any atom is -0.493 e. The molecule has 0 amide bonds.